The van der Waals surface area contributed by atoms with Gasteiger partial charge in [-0.1, -0.05) is 346 Å². The molecule has 0 amide bonds. The van der Waals surface area contributed by atoms with Crippen molar-refractivity contribution in [2.45, 2.75) is 10.8 Å². The number of hydrogen-bond donors (Lipinski definition) is 0. The summed E-state index contributed by atoms with van der Waals surface area (Å²) in [7, 11) is 0. The van der Waals surface area contributed by atoms with E-state index in [-0.39, 0.29) is 0 Å². The van der Waals surface area contributed by atoms with Crippen molar-refractivity contribution in [2.75, 3.05) is 0 Å². The number of furan rings is 2. The summed E-state index contributed by atoms with van der Waals surface area (Å²) in [5, 5.41) is 14.1. The van der Waals surface area contributed by atoms with E-state index in [0.717, 1.165) is 66.1 Å². The van der Waals surface area contributed by atoms with Crippen LogP contribution in [0.3, 0.4) is 0 Å². The number of rotatable bonds is 7. The quantitative estimate of drug-likeness (QED) is 0.149. The molecule has 2 spiro atoms. The smallest absolute Gasteiger partial charge is 0.136 e. The molecule has 2 heteroatoms. The first-order chi connectivity index (χ1) is 57.6. The van der Waals surface area contributed by atoms with Crippen molar-refractivity contribution in [3.05, 3.63) is 445 Å². The van der Waals surface area contributed by atoms with E-state index < -0.39 is 10.8 Å². The van der Waals surface area contributed by atoms with Crippen LogP contribution in [0.1, 0.15) is 44.5 Å². The third kappa shape index (κ3) is 8.43. The third-order valence-electron chi connectivity index (χ3n) is 26.7. The summed E-state index contributed by atoms with van der Waals surface area (Å²) >= 11 is 0. The van der Waals surface area contributed by atoms with Gasteiger partial charge in [-0.05, 0) is 265 Å². The molecule has 0 radical (unpaired) electrons. The molecule has 2 aromatic heterocycles. The van der Waals surface area contributed by atoms with Gasteiger partial charge in [-0.3, -0.25) is 0 Å². The first-order valence-electron chi connectivity index (χ1n) is 40.4. The summed E-state index contributed by atoms with van der Waals surface area (Å²) in [6, 6.07) is 150. The lowest BCUT2D eigenvalue weighted by atomic mass is 9.70. The second kappa shape index (κ2) is 23.8. The monoisotopic (exact) mass is 1470 g/mol. The maximum absolute atomic E-state index is 7.19. The molecule has 0 bridgehead atoms. The summed E-state index contributed by atoms with van der Waals surface area (Å²) < 4.78 is 14.3. The van der Waals surface area contributed by atoms with E-state index in [4.69, 9.17) is 8.83 Å². The van der Waals surface area contributed by atoms with Crippen LogP contribution in [0.2, 0.25) is 0 Å². The third-order valence-corrected chi connectivity index (χ3v) is 26.7. The van der Waals surface area contributed by atoms with Crippen molar-refractivity contribution in [3.8, 4) is 122 Å². The largest absolute Gasteiger partial charge is 0.456 e. The zero-order valence-corrected chi connectivity index (χ0v) is 62.9. The first-order valence-corrected chi connectivity index (χ1v) is 40.4. The molecule has 534 valence electrons. The highest BCUT2D eigenvalue weighted by Crippen LogP contribution is 2.66. The molecule has 20 aromatic carbocycles. The maximum Gasteiger partial charge on any atom is 0.136 e. The number of fused-ring (bicyclic) bond motifs is 30. The van der Waals surface area contributed by atoms with Gasteiger partial charge in [-0.25, -0.2) is 0 Å². The molecule has 1 atom stereocenters. The van der Waals surface area contributed by atoms with Gasteiger partial charge in [0.25, 0.3) is 0 Å². The van der Waals surface area contributed by atoms with Gasteiger partial charge in [0.2, 0.25) is 0 Å². The van der Waals surface area contributed by atoms with Gasteiger partial charge < -0.3 is 8.83 Å². The molecule has 2 nitrogen and oxygen atoms in total. The number of hydrogen-bond acceptors (Lipinski definition) is 2. The molecule has 0 saturated heterocycles. The average Bonchev–Trinajstić information content (AvgIpc) is 1.51. The Morgan fingerprint density at radius 2 is 0.466 bits per heavy atom. The molecule has 4 aliphatic rings. The van der Waals surface area contributed by atoms with Gasteiger partial charge in [-0.2, -0.15) is 0 Å². The maximum atomic E-state index is 7.19. The highest BCUT2D eigenvalue weighted by atomic mass is 16.3. The van der Waals surface area contributed by atoms with Crippen LogP contribution in [0, 0.1) is 0 Å². The van der Waals surface area contributed by atoms with E-state index >= 15 is 0 Å². The minimum Gasteiger partial charge on any atom is -0.456 e. The Hall–Kier alpha value is -15.0. The SMILES string of the molecule is c1ccc(-c2ccccc2-c2c3ccccc3c(-c3ccc4oc5cc6c(cc5c4c3)-c3ccccc3C63c4ccccc4-c4cc(-c5cccc(-c6ccccc6-c6c7ccccc7c(-c7cccc8oc9cc%10c(cc9c78)-c7ccccc7C%107c8ccccc8-c8ccccc87)c7ccccc67)c5)ccc43)c3ccccc23)cc1. The standard InChI is InChI=1S/C114H66O2/c1-2-28-67(29-3-1)72-32-4-6-39-79(72)109-83-43-10-8-41-81(83)108(82-42-9-11-44-84(82)109)71-57-59-104-93(62-71)94-63-91-77-37-19-25-54-100(77)114(102(91)65-106(94)115-104)98-52-23-18-36-76(98)90-61-69(56-58-101(90)114)68-30-26-31-70(60-68)73-33-5-7-40-80(73)110-85-45-12-14-47-87(85)111(88-48-15-13-46-86(88)110)89-49-27-55-105-112(89)95-64-92-78-38-20-24-53-99(78)113(103(92)66-107(95)116-105)96-50-21-16-34-74(96)75-35-17-22-51-97(75)113/h1-66H. The Labute approximate surface area is 669 Å². The van der Waals surface area contributed by atoms with Crippen LogP contribution in [0.5, 0.6) is 0 Å². The predicted octanol–water partition coefficient (Wildman–Crippen LogP) is 30.5. The lowest BCUT2D eigenvalue weighted by Gasteiger charge is -2.30. The van der Waals surface area contributed by atoms with Gasteiger partial charge in [0, 0.05) is 21.5 Å². The predicted molar refractivity (Wildman–Crippen MR) is 482 cm³/mol. The zero-order valence-electron chi connectivity index (χ0n) is 62.9. The van der Waals surface area contributed by atoms with Crippen molar-refractivity contribution in [2.24, 2.45) is 0 Å². The topological polar surface area (TPSA) is 26.3 Å². The Bertz CT molecular complexity index is 7940. The number of benzene rings is 20. The molecule has 116 heavy (non-hydrogen) atoms. The highest BCUT2D eigenvalue weighted by molar-refractivity contribution is 6.28. The fourth-order valence-corrected chi connectivity index (χ4v) is 22.2. The molecule has 0 aliphatic heterocycles. The molecule has 0 fully saturated rings. The van der Waals surface area contributed by atoms with E-state index in [1.807, 2.05) is 0 Å². The van der Waals surface area contributed by atoms with Gasteiger partial charge >= 0.3 is 0 Å². The van der Waals surface area contributed by atoms with Gasteiger partial charge in [0.1, 0.15) is 22.3 Å². The second-order valence-electron chi connectivity index (χ2n) is 32.1. The molecule has 0 N–H and O–H groups in total. The van der Waals surface area contributed by atoms with Crippen LogP contribution >= 0.6 is 0 Å². The van der Waals surface area contributed by atoms with Gasteiger partial charge in [-0.15, -0.1) is 0 Å². The van der Waals surface area contributed by atoms with E-state index in [9.17, 15) is 0 Å². The van der Waals surface area contributed by atoms with Crippen molar-refractivity contribution < 1.29 is 8.83 Å². The summed E-state index contributed by atoms with van der Waals surface area (Å²) in [6.07, 6.45) is 0. The van der Waals surface area contributed by atoms with Crippen molar-refractivity contribution in [3.63, 3.8) is 0 Å². The van der Waals surface area contributed by atoms with Crippen LogP contribution in [0.15, 0.2) is 409 Å². The van der Waals surface area contributed by atoms with Crippen LogP contribution in [0.4, 0.5) is 0 Å². The molecular weight excluding hydrogens is 1400 g/mol. The van der Waals surface area contributed by atoms with Crippen molar-refractivity contribution in [1.82, 2.24) is 0 Å². The van der Waals surface area contributed by atoms with Crippen LogP contribution in [0.25, 0.3) is 209 Å². The van der Waals surface area contributed by atoms with Crippen molar-refractivity contribution in [1.29, 1.82) is 0 Å². The summed E-state index contributed by atoms with van der Waals surface area (Å²) in [6.45, 7) is 0. The fraction of sp³-hybridized carbons (Fsp3) is 0.0175. The molecule has 26 rings (SSSR count). The van der Waals surface area contributed by atoms with Crippen LogP contribution in [-0.4, -0.2) is 0 Å². The Balaban J connectivity index is 0.589. The van der Waals surface area contributed by atoms with E-state index in [0.29, 0.717) is 0 Å². The highest BCUT2D eigenvalue weighted by Gasteiger charge is 2.54. The summed E-state index contributed by atoms with van der Waals surface area (Å²) in [4.78, 5) is 0. The molecule has 2 heterocycles. The second-order valence-corrected chi connectivity index (χ2v) is 32.1. The van der Waals surface area contributed by atoms with Crippen molar-refractivity contribution >= 4 is 87.0 Å². The van der Waals surface area contributed by atoms with Crippen LogP contribution < -0.4 is 0 Å². The molecule has 4 aliphatic carbocycles. The lowest BCUT2D eigenvalue weighted by Crippen LogP contribution is -2.25. The minimum absolute atomic E-state index is 0.476. The Morgan fingerprint density at radius 1 is 0.138 bits per heavy atom. The van der Waals surface area contributed by atoms with Gasteiger partial charge in [0.05, 0.1) is 10.8 Å². The fourth-order valence-electron chi connectivity index (χ4n) is 22.2. The summed E-state index contributed by atoms with van der Waals surface area (Å²) in [5.41, 5.74) is 39.6. The van der Waals surface area contributed by atoms with Crippen LogP contribution in [-0.2, 0) is 10.8 Å². The zero-order chi connectivity index (χ0) is 75.6. The molecular formula is C114H66O2. The normalized spacial score (nSPS) is 14.3. The van der Waals surface area contributed by atoms with E-state index in [1.54, 1.807) is 0 Å². The van der Waals surface area contributed by atoms with E-state index in [1.165, 1.54) is 188 Å². The molecule has 22 aromatic rings. The lowest BCUT2D eigenvalue weighted by molar-refractivity contribution is 0.666. The molecule has 0 saturated carbocycles. The minimum atomic E-state index is -0.595. The molecule has 1 unspecified atom stereocenters. The van der Waals surface area contributed by atoms with E-state index in [2.05, 4.69) is 400 Å². The van der Waals surface area contributed by atoms with Gasteiger partial charge in [0.15, 0.2) is 0 Å². The Kier molecular flexibility index (Phi) is 13.1. The Morgan fingerprint density at radius 3 is 0.974 bits per heavy atom. The summed E-state index contributed by atoms with van der Waals surface area (Å²) in [5.74, 6) is 0. The first kappa shape index (κ1) is 63.7. The average molecular weight is 1470 g/mol.